The van der Waals surface area contributed by atoms with Gasteiger partial charge in [0, 0.05) is 18.6 Å². The molecule has 0 spiro atoms. The van der Waals surface area contributed by atoms with E-state index in [2.05, 4.69) is 13.8 Å². The molecule has 3 unspecified atom stereocenters. The first-order chi connectivity index (χ1) is 9.03. The molecule has 19 heavy (non-hydrogen) atoms. The summed E-state index contributed by atoms with van der Waals surface area (Å²) in [5, 5.41) is 11.3. The van der Waals surface area contributed by atoms with Gasteiger partial charge < -0.3 is 15.6 Å². The van der Waals surface area contributed by atoms with E-state index in [-0.39, 0.29) is 5.41 Å². The number of rotatable bonds is 3. The van der Waals surface area contributed by atoms with Crippen molar-refractivity contribution in [1.82, 2.24) is 0 Å². The maximum Gasteiger partial charge on any atom is 0.0738 e. The summed E-state index contributed by atoms with van der Waals surface area (Å²) in [6, 6.07) is 0. The van der Waals surface area contributed by atoms with Gasteiger partial charge in [-0.2, -0.15) is 0 Å². The molecule has 0 aromatic heterocycles. The van der Waals surface area contributed by atoms with Crippen LogP contribution in [0.5, 0.6) is 0 Å². The average molecular weight is 269 g/mol. The standard InChI is InChI=1S/C16H31NO2/c1-13(2)14-5-3-8-16(18,9-6-14)15(11-17)7-4-10-19-12-15/h13-14,18H,3-12,17H2,1-2H3. The van der Waals surface area contributed by atoms with Gasteiger partial charge in [0.2, 0.25) is 0 Å². The molecule has 2 fully saturated rings. The second kappa shape index (κ2) is 6.11. The van der Waals surface area contributed by atoms with Crippen molar-refractivity contribution >= 4 is 0 Å². The smallest absolute Gasteiger partial charge is 0.0738 e. The summed E-state index contributed by atoms with van der Waals surface area (Å²) in [4.78, 5) is 0. The van der Waals surface area contributed by atoms with E-state index in [1.807, 2.05) is 0 Å². The first-order valence-electron chi connectivity index (χ1n) is 8.03. The fraction of sp³-hybridized carbons (Fsp3) is 1.00. The Hall–Kier alpha value is -0.120. The predicted molar refractivity (Wildman–Crippen MR) is 77.9 cm³/mol. The van der Waals surface area contributed by atoms with Crippen molar-refractivity contribution in [2.75, 3.05) is 19.8 Å². The van der Waals surface area contributed by atoms with Gasteiger partial charge in [-0.15, -0.1) is 0 Å². The van der Waals surface area contributed by atoms with E-state index in [0.717, 1.165) is 57.0 Å². The summed E-state index contributed by atoms with van der Waals surface area (Å²) in [6.45, 7) is 6.63. The quantitative estimate of drug-likeness (QED) is 0.775. The van der Waals surface area contributed by atoms with Crippen molar-refractivity contribution in [1.29, 1.82) is 0 Å². The highest BCUT2D eigenvalue weighted by Crippen LogP contribution is 2.47. The number of hydrogen-bond acceptors (Lipinski definition) is 3. The molecule has 1 heterocycles. The lowest BCUT2D eigenvalue weighted by atomic mass is 9.65. The summed E-state index contributed by atoms with van der Waals surface area (Å²) >= 11 is 0. The minimum atomic E-state index is -0.605. The van der Waals surface area contributed by atoms with Crippen LogP contribution in [0.2, 0.25) is 0 Å². The molecule has 3 nitrogen and oxygen atoms in total. The molecular formula is C16H31NO2. The van der Waals surface area contributed by atoms with Crippen molar-refractivity contribution in [3.8, 4) is 0 Å². The lowest BCUT2D eigenvalue weighted by Crippen LogP contribution is -2.56. The highest BCUT2D eigenvalue weighted by molar-refractivity contribution is 5.02. The van der Waals surface area contributed by atoms with Crippen molar-refractivity contribution in [3.05, 3.63) is 0 Å². The average Bonchev–Trinajstić information content (AvgIpc) is 2.63. The van der Waals surface area contributed by atoms with Crippen molar-refractivity contribution in [2.45, 2.75) is 64.4 Å². The molecule has 0 aromatic carbocycles. The SMILES string of the molecule is CC(C)C1CCCC(O)(C2(CN)CCCOC2)CC1. The van der Waals surface area contributed by atoms with Gasteiger partial charge in [0.1, 0.15) is 0 Å². The third kappa shape index (κ3) is 2.98. The van der Waals surface area contributed by atoms with Gasteiger partial charge in [-0.25, -0.2) is 0 Å². The zero-order chi connectivity index (χ0) is 13.9. The van der Waals surface area contributed by atoms with Gasteiger partial charge in [-0.1, -0.05) is 26.7 Å². The van der Waals surface area contributed by atoms with E-state index in [1.165, 1.54) is 6.42 Å². The van der Waals surface area contributed by atoms with E-state index in [0.29, 0.717) is 13.2 Å². The Morgan fingerprint density at radius 1 is 1.21 bits per heavy atom. The van der Waals surface area contributed by atoms with Crippen LogP contribution < -0.4 is 5.73 Å². The van der Waals surface area contributed by atoms with Gasteiger partial charge in [0.25, 0.3) is 0 Å². The summed E-state index contributed by atoms with van der Waals surface area (Å²) in [5.41, 5.74) is 5.26. The van der Waals surface area contributed by atoms with Gasteiger partial charge in [-0.3, -0.25) is 0 Å². The molecule has 2 aliphatic rings. The van der Waals surface area contributed by atoms with Gasteiger partial charge in [-0.05, 0) is 43.9 Å². The molecule has 0 radical (unpaired) electrons. The Labute approximate surface area is 117 Å². The summed E-state index contributed by atoms with van der Waals surface area (Å²) in [6.07, 6.45) is 7.37. The monoisotopic (exact) mass is 269 g/mol. The number of ether oxygens (including phenoxy) is 1. The zero-order valence-electron chi connectivity index (χ0n) is 12.7. The second-order valence-corrected chi connectivity index (χ2v) is 7.11. The molecule has 3 atom stereocenters. The minimum absolute atomic E-state index is 0.197. The van der Waals surface area contributed by atoms with E-state index in [9.17, 15) is 5.11 Å². The molecule has 1 saturated carbocycles. The van der Waals surface area contributed by atoms with E-state index >= 15 is 0 Å². The fourth-order valence-corrected chi connectivity index (χ4v) is 4.12. The van der Waals surface area contributed by atoms with Crippen LogP contribution in [-0.4, -0.2) is 30.5 Å². The van der Waals surface area contributed by atoms with Gasteiger partial charge in [0.15, 0.2) is 0 Å². The van der Waals surface area contributed by atoms with Crippen LogP contribution in [0, 0.1) is 17.3 Å². The number of aliphatic hydroxyl groups is 1. The van der Waals surface area contributed by atoms with Crippen molar-refractivity contribution in [3.63, 3.8) is 0 Å². The molecule has 1 aliphatic heterocycles. The number of nitrogens with two attached hydrogens (primary N) is 1. The first-order valence-corrected chi connectivity index (χ1v) is 8.03. The molecule has 112 valence electrons. The molecule has 3 heteroatoms. The largest absolute Gasteiger partial charge is 0.389 e. The second-order valence-electron chi connectivity index (χ2n) is 7.11. The maximum absolute atomic E-state index is 11.3. The van der Waals surface area contributed by atoms with Crippen LogP contribution in [-0.2, 0) is 4.74 Å². The Bertz CT molecular complexity index is 286. The zero-order valence-corrected chi connectivity index (χ0v) is 12.7. The Balaban J connectivity index is 2.11. The third-order valence-corrected chi connectivity index (χ3v) is 5.74. The molecule has 0 bridgehead atoms. The van der Waals surface area contributed by atoms with Crippen LogP contribution in [0.25, 0.3) is 0 Å². The van der Waals surface area contributed by atoms with Gasteiger partial charge >= 0.3 is 0 Å². The normalized spacial score (nSPS) is 41.2. The van der Waals surface area contributed by atoms with Gasteiger partial charge in [0.05, 0.1) is 12.2 Å². The molecule has 1 saturated heterocycles. The molecule has 2 rings (SSSR count). The predicted octanol–water partition coefficient (Wildman–Crippen LogP) is 2.71. The van der Waals surface area contributed by atoms with Crippen LogP contribution in [0.15, 0.2) is 0 Å². The molecular weight excluding hydrogens is 238 g/mol. The Morgan fingerprint density at radius 3 is 2.58 bits per heavy atom. The highest BCUT2D eigenvalue weighted by atomic mass is 16.5. The fourth-order valence-electron chi connectivity index (χ4n) is 4.12. The van der Waals surface area contributed by atoms with Crippen molar-refractivity contribution < 1.29 is 9.84 Å². The Morgan fingerprint density at radius 2 is 2.00 bits per heavy atom. The summed E-state index contributed by atoms with van der Waals surface area (Å²) in [5.74, 6) is 1.48. The van der Waals surface area contributed by atoms with Crippen LogP contribution in [0.1, 0.15) is 58.8 Å². The lowest BCUT2D eigenvalue weighted by Gasteiger charge is -2.49. The molecule has 0 amide bonds. The van der Waals surface area contributed by atoms with E-state index in [4.69, 9.17) is 10.5 Å². The molecule has 1 aliphatic carbocycles. The minimum Gasteiger partial charge on any atom is -0.389 e. The molecule has 0 aromatic rings. The third-order valence-electron chi connectivity index (χ3n) is 5.74. The van der Waals surface area contributed by atoms with E-state index in [1.54, 1.807) is 0 Å². The summed E-state index contributed by atoms with van der Waals surface area (Å²) < 4.78 is 5.67. The highest BCUT2D eigenvalue weighted by Gasteiger charge is 2.50. The topological polar surface area (TPSA) is 55.5 Å². The number of hydrogen-bond donors (Lipinski definition) is 2. The first kappa shape index (κ1) is 15.3. The summed E-state index contributed by atoms with van der Waals surface area (Å²) in [7, 11) is 0. The van der Waals surface area contributed by atoms with Crippen LogP contribution >= 0.6 is 0 Å². The van der Waals surface area contributed by atoms with Crippen LogP contribution in [0.4, 0.5) is 0 Å². The van der Waals surface area contributed by atoms with Crippen molar-refractivity contribution in [2.24, 2.45) is 23.0 Å². The van der Waals surface area contributed by atoms with E-state index < -0.39 is 5.60 Å². The lowest BCUT2D eigenvalue weighted by molar-refractivity contribution is -0.150. The Kier molecular flexibility index (Phi) is 4.91. The molecule has 3 N–H and O–H groups in total. The van der Waals surface area contributed by atoms with Crippen LogP contribution in [0.3, 0.4) is 0 Å². The maximum atomic E-state index is 11.3.